The molecule has 0 aliphatic heterocycles. The zero-order valence-corrected chi connectivity index (χ0v) is 7.90. The van der Waals surface area contributed by atoms with Crippen molar-refractivity contribution >= 4 is 11.7 Å². The van der Waals surface area contributed by atoms with Crippen LogP contribution < -0.4 is 11.3 Å². The summed E-state index contributed by atoms with van der Waals surface area (Å²) in [5.41, 5.74) is 5.46. The van der Waals surface area contributed by atoms with Crippen molar-refractivity contribution in [3.63, 3.8) is 0 Å². The standard InChI is InChI=1S/C9H12N2O3/c1-2-14-9(13)6-11-4-3-7(10)5-8(11)12/h3-5H,2,6,10H2,1H3. The van der Waals surface area contributed by atoms with Crippen molar-refractivity contribution in [1.29, 1.82) is 0 Å². The second-order valence-corrected chi connectivity index (χ2v) is 2.73. The van der Waals surface area contributed by atoms with E-state index in [2.05, 4.69) is 0 Å². The predicted molar refractivity (Wildman–Crippen MR) is 51.7 cm³/mol. The number of hydrogen-bond acceptors (Lipinski definition) is 4. The van der Waals surface area contributed by atoms with Gasteiger partial charge in [0.15, 0.2) is 0 Å². The Hall–Kier alpha value is -1.78. The lowest BCUT2D eigenvalue weighted by Crippen LogP contribution is -2.24. The summed E-state index contributed by atoms with van der Waals surface area (Å²) in [5.74, 6) is -0.431. The molecule has 0 bridgehead atoms. The molecule has 2 N–H and O–H groups in total. The Morgan fingerprint density at radius 2 is 2.36 bits per heavy atom. The molecule has 0 radical (unpaired) electrons. The molecule has 0 aliphatic rings. The number of pyridine rings is 1. The Labute approximate surface area is 81.1 Å². The maximum absolute atomic E-state index is 11.3. The van der Waals surface area contributed by atoms with Gasteiger partial charge in [0.1, 0.15) is 6.54 Å². The molecule has 5 heteroatoms. The first-order valence-electron chi connectivity index (χ1n) is 4.25. The number of esters is 1. The van der Waals surface area contributed by atoms with E-state index in [0.29, 0.717) is 12.3 Å². The van der Waals surface area contributed by atoms with Gasteiger partial charge in [-0.3, -0.25) is 9.59 Å². The molecule has 0 aliphatic carbocycles. The number of anilines is 1. The van der Waals surface area contributed by atoms with E-state index in [-0.39, 0.29) is 12.1 Å². The van der Waals surface area contributed by atoms with Gasteiger partial charge < -0.3 is 15.0 Å². The lowest BCUT2D eigenvalue weighted by Gasteiger charge is -2.04. The van der Waals surface area contributed by atoms with E-state index < -0.39 is 5.97 Å². The van der Waals surface area contributed by atoms with Gasteiger partial charge in [0.25, 0.3) is 5.56 Å². The fourth-order valence-corrected chi connectivity index (χ4v) is 0.999. The number of ether oxygens (including phenoxy) is 1. The van der Waals surface area contributed by atoms with E-state index >= 15 is 0 Å². The van der Waals surface area contributed by atoms with Gasteiger partial charge in [-0.25, -0.2) is 0 Å². The summed E-state index contributed by atoms with van der Waals surface area (Å²) in [4.78, 5) is 22.3. The van der Waals surface area contributed by atoms with Crippen LogP contribution >= 0.6 is 0 Å². The molecule has 0 saturated heterocycles. The molecule has 76 valence electrons. The minimum atomic E-state index is -0.431. The Morgan fingerprint density at radius 3 is 2.93 bits per heavy atom. The van der Waals surface area contributed by atoms with Crippen molar-refractivity contribution in [2.75, 3.05) is 12.3 Å². The molecule has 0 unspecified atom stereocenters. The molecule has 0 aromatic carbocycles. The summed E-state index contributed by atoms with van der Waals surface area (Å²) in [6.07, 6.45) is 1.47. The number of carbonyl (C=O) groups excluding carboxylic acids is 1. The normalized spacial score (nSPS) is 9.79. The van der Waals surface area contributed by atoms with E-state index in [9.17, 15) is 9.59 Å². The Balaban J connectivity index is 2.77. The molecular formula is C9H12N2O3. The highest BCUT2D eigenvalue weighted by molar-refractivity contribution is 5.69. The first kappa shape index (κ1) is 10.3. The summed E-state index contributed by atoms with van der Waals surface area (Å²) in [6.45, 7) is 1.94. The molecule has 0 amide bonds. The highest BCUT2D eigenvalue weighted by atomic mass is 16.5. The van der Waals surface area contributed by atoms with Crippen LogP contribution in [0.25, 0.3) is 0 Å². The third-order valence-corrected chi connectivity index (χ3v) is 1.62. The number of nitrogen functional groups attached to an aromatic ring is 1. The van der Waals surface area contributed by atoms with E-state index in [1.165, 1.54) is 16.8 Å². The molecule has 0 saturated carbocycles. The number of nitrogens with two attached hydrogens (primary N) is 1. The highest BCUT2D eigenvalue weighted by Gasteiger charge is 2.04. The molecule has 1 rings (SSSR count). The maximum Gasteiger partial charge on any atom is 0.326 e. The van der Waals surface area contributed by atoms with Gasteiger partial charge in [0.2, 0.25) is 0 Å². The molecule has 5 nitrogen and oxygen atoms in total. The van der Waals surface area contributed by atoms with E-state index in [4.69, 9.17) is 10.5 Å². The predicted octanol–water partition coefficient (Wildman–Crippen LogP) is -0.00640. The number of nitrogens with zero attached hydrogens (tertiary/aromatic N) is 1. The summed E-state index contributed by atoms with van der Waals surface area (Å²) in [7, 11) is 0. The minimum absolute atomic E-state index is 0.0764. The zero-order chi connectivity index (χ0) is 10.6. The Bertz CT molecular complexity index is 384. The molecule has 1 aromatic heterocycles. The van der Waals surface area contributed by atoms with E-state index in [1.54, 1.807) is 13.0 Å². The molecule has 0 spiro atoms. The second-order valence-electron chi connectivity index (χ2n) is 2.73. The van der Waals surface area contributed by atoms with Crippen molar-refractivity contribution in [1.82, 2.24) is 4.57 Å². The molecule has 1 heterocycles. The topological polar surface area (TPSA) is 74.3 Å². The van der Waals surface area contributed by atoms with Gasteiger partial charge in [-0.2, -0.15) is 0 Å². The lowest BCUT2D eigenvalue weighted by atomic mass is 10.4. The number of hydrogen-bond donors (Lipinski definition) is 1. The molecule has 14 heavy (non-hydrogen) atoms. The van der Waals surface area contributed by atoms with E-state index in [0.717, 1.165) is 0 Å². The summed E-state index contributed by atoms with van der Waals surface area (Å²) < 4.78 is 5.95. The monoisotopic (exact) mass is 196 g/mol. The van der Waals surface area contributed by atoms with Crippen molar-refractivity contribution in [3.05, 3.63) is 28.7 Å². The third-order valence-electron chi connectivity index (χ3n) is 1.62. The molecule has 0 atom stereocenters. The van der Waals surface area contributed by atoms with Gasteiger partial charge in [-0.1, -0.05) is 0 Å². The Morgan fingerprint density at radius 1 is 1.64 bits per heavy atom. The highest BCUT2D eigenvalue weighted by Crippen LogP contribution is 1.94. The number of rotatable bonds is 3. The first-order chi connectivity index (χ1) is 6.63. The van der Waals surface area contributed by atoms with Crippen molar-refractivity contribution < 1.29 is 9.53 Å². The van der Waals surface area contributed by atoms with Gasteiger partial charge in [-0.15, -0.1) is 0 Å². The van der Waals surface area contributed by atoms with Crippen LogP contribution in [0.5, 0.6) is 0 Å². The van der Waals surface area contributed by atoms with Gasteiger partial charge in [-0.05, 0) is 13.0 Å². The van der Waals surface area contributed by atoms with Crippen molar-refractivity contribution in [3.8, 4) is 0 Å². The third kappa shape index (κ3) is 2.62. The average molecular weight is 196 g/mol. The van der Waals surface area contributed by atoms with Crippen LogP contribution in [0, 0.1) is 0 Å². The lowest BCUT2D eigenvalue weighted by molar-refractivity contribution is -0.143. The first-order valence-corrected chi connectivity index (χ1v) is 4.25. The molecular weight excluding hydrogens is 184 g/mol. The van der Waals surface area contributed by atoms with Crippen LogP contribution in [0.2, 0.25) is 0 Å². The van der Waals surface area contributed by atoms with Crippen LogP contribution in [-0.4, -0.2) is 17.1 Å². The van der Waals surface area contributed by atoms with Crippen molar-refractivity contribution in [2.24, 2.45) is 0 Å². The summed E-state index contributed by atoms with van der Waals surface area (Å²) in [6, 6.07) is 2.82. The molecule has 1 aromatic rings. The van der Waals surface area contributed by atoms with Crippen LogP contribution in [0.15, 0.2) is 23.1 Å². The van der Waals surface area contributed by atoms with Gasteiger partial charge >= 0.3 is 5.97 Å². The smallest absolute Gasteiger partial charge is 0.326 e. The Kier molecular flexibility index (Phi) is 3.28. The number of aromatic nitrogens is 1. The zero-order valence-electron chi connectivity index (χ0n) is 7.90. The average Bonchev–Trinajstić information content (AvgIpc) is 2.10. The van der Waals surface area contributed by atoms with Crippen LogP contribution in [0.1, 0.15) is 6.92 Å². The maximum atomic E-state index is 11.3. The fraction of sp³-hybridized carbons (Fsp3) is 0.333. The van der Waals surface area contributed by atoms with E-state index in [1.807, 2.05) is 0 Å². The van der Waals surface area contributed by atoms with Gasteiger partial charge in [0, 0.05) is 18.0 Å². The molecule has 0 fully saturated rings. The largest absolute Gasteiger partial charge is 0.465 e. The quantitative estimate of drug-likeness (QED) is 0.690. The fourth-order valence-electron chi connectivity index (χ4n) is 0.999. The van der Waals surface area contributed by atoms with Crippen LogP contribution in [0.4, 0.5) is 5.69 Å². The SMILES string of the molecule is CCOC(=O)Cn1ccc(N)cc1=O. The number of carbonyl (C=O) groups is 1. The minimum Gasteiger partial charge on any atom is -0.465 e. The van der Waals surface area contributed by atoms with Gasteiger partial charge in [0.05, 0.1) is 6.61 Å². The van der Waals surface area contributed by atoms with Crippen LogP contribution in [-0.2, 0) is 16.1 Å². The van der Waals surface area contributed by atoms with Crippen LogP contribution in [0.3, 0.4) is 0 Å². The summed E-state index contributed by atoms with van der Waals surface area (Å²) >= 11 is 0. The van der Waals surface area contributed by atoms with Crippen molar-refractivity contribution in [2.45, 2.75) is 13.5 Å². The summed E-state index contributed by atoms with van der Waals surface area (Å²) in [5, 5.41) is 0. The second kappa shape index (κ2) is 4.45.